The van der Waals surface area contributed by atoms with E-state index < -0.39 is 72.5 Å². The molecule has 0 aromatic carbocycles. The lowest BCUT2D eigenvalue weighted by atomic mass is 10.0. The van der Waals surface area contributed by atoms with E-state index in [9.17, 15) is 34.2 Å². The van der Waals surface area contributed by atoms with Crippen molar-refractivity contribution in [1.82, 2.24) is 26.6 Å². The minimum absolute atomic E-state index is 0.0601. The minimum atomic E-state index is -1.61. The van der Waals surface area contributed by atoms with E-state index in [1.54, 1.807) is 0 Å². The van der Waals surface area contributed by atoms with Crippen LogP contribution in [0.4, 0.5) is 0 Å². The highest BCUT2D eigenvalue weighted by Crippen LogP contribution is 2.07. The third kappa shape index (κ3) is 16.6. The molecule has 0 saturated carbocycles. The molecule has 0 aromatic heterocycles. The summed E-state index contributed by atoms with van der Waals surface area (Å²) >= 11 is 0. The summed E-state index contributed by atoms with van der Waals surface area (Å²) in [6.45, 7) is 1.33. The Morgan fingerprint density at radius 1 is 0.744 bits per heavy atom. The molecule has 0 aliphatic heterocycles. The number of nitrogens with two attached hydrogens (primary N) is 4. The highest BCUT2D eigenvalue weighted by Gasteiger charge is 2.33. The van der Waals surface area contributed by atoms with Crippen LogP contribution >= 0.6 is 0 Å². The van der Waals surface area contributed by atoms with Crippen molar-refractivity contribution in [2.45, 2.75) is 94.6 Å². The maximum Gasteiger partial charge on any atom is 0.328 e. The smallest absolute Gasteiger partial charge is 0.328 e. The van der Waals surface area contributed by atoms with Gasteiger partial charge in [0.25, 0.3) is 0 Å². The zero-order chi connectivity index (χ0) is 32.9. The van der Waals surface area contributed by atoms with Gasteiger partial charge in [-0.3, -0.25) is 24.6 Å². The molecule has 0 radical (unpaired) electrons. The van der Waals surface area contributed by atoms with Gasteiger partial charge in [-0.05, 0) is 71.4 Å². The molecule has 0 fully saturated rings. The highest BCUT2D eigenvalue weighted by atomic mass is 16.4. The fourth-order valence-corrected chi connectivity index (χ4v) is 3.86. The van der Waals surface area contributed by atoms with E-state index in [1.165, 1.54) is 6.92 Å². The molecule has 0 aliphatic rings. The number of aliphatic carboxylic acids is 1. The monoisotopic (exact) mass is 618 g/mol. The molecule has 0 rings (SSSR count). The van der Waals surface area contributed by atoms with Gasteiger partial charge in [0.1, 0.15) is 24.2 Å². The number of nitrogens with one attached hydrogen (secondary N) is 6. The van der Waals surface area contributed by atoms with E-state index in [1.807, 2.05) is 0 Å². The van der Waals surface area contributed by atoms with Crippen LogP contribution in [0.2, 0.25) is 0 Å². The van der Waals surface area contributed by atoms with E-state index in [-0.39, 0.29) is 25.2 Å². The normalized spacial score (nSPS) is 15.1. The minimum Gasteiger partial charge on any atom is -0.480 e. The first-order valence-corrected chi connectivity index (χ1v) is 14.3. The first-order valence-electron chi connectivity index (χ1n) is 14.3. The van der Waals surface area contributed by atoms with Gasteiger partial charge in [0, 0.05) is 6.54 Å². The predicted molar refractivity (Wildman–Crippen MR) is 157 cm³/mol. The molecule has 17 N–H and O–H groups in total. The van der Waals surface area contributed by atoms with Crippen molar-refractivity contribution in [2.24, 2.45) is 22.9 Å². The van der Waals surface area contributed by atoms with Crippen LogP contribution in [0, 0.1) is 5.41 Å². The Labute approximate surface area is 250 Å². The number of carbonyl (C=O) groups excluding carboxylic acids is 4. The summed E-state index contributed by atoms with van der Waals surface area (Å²) in [6.07, 6.45) is 1.33. The molecule has 18 nitrogen and oxygen atoms in total. The number of aliphatic hydroxyl groups is 2. The molecular weight excluding hydrogens is 568 g/mol. The Hall–Kier alpha value is -3.58. The van der Waals surface area contributed by atoms with Gasteiger partial charge in [0.2, 0.25) is 23.6 Å². The fraction of sp³-hybridized carbons (Fsp3) is 0.760. The van der Waals surface area contributed by atoms with Crippen molar-refractivity contribution in [3.63, 3.8) is 0 Å². The number of hydrogen-bond acceptors (Lipinski definition) is 11. The third-order valence-electron chi connectivity index (χ3n) is 6.36. The molecule has 0 saturated heterocycles. The first kappa shape index (κ1) is 39.4. The second-order valence-electron chi connectivity index (χ2n) is 10.1. The summed E-state index contributed by atoms with van der Waals surface area (Å²) in [5.74, 6) is -4.93. The van der Waals surface area contributed by atoms with Gasteiger partial charge in [0.15, 0.2) is 5.96 Å². The molecule has 0 heterocycles. The van der Waals surface area contributed by atoms with Crippen LogP contribution in [0.25, 0.3) is 0 Å². The van der Waals surface area contributed by atoms with Gasteiger partial charge >= 0.3 is 5.97 Å². The summed E-state index contributed by atoms with van der Waals surface area (Å²) in [5, 5.41) is 48.0. The standard InChI is InChI=1S/C25H50N10O8/c1-14(37)19(23(41)33-16(8-2-4-10-26)21(39)34-18(13-36)24(42)43)35-22(40)17(9-3-5-11-27)32-20(38)15(28)7-6-12-31-25(29)30/h14-19,36-37H,2-13,26-28H2,1H3,(H,32,38)(H,33,41)(H,34,39)(H,35,40)(H,42,43)(H4,29,30,31)/t14-,15+,16+,17+,18+,19+/m1/s1. The number of hydrogen-bond donors (Lipinski definition) is 13. The number of aliphatic hydroxyl groups excluding tert-OH is 2. The van der Waals surface area contributed by atoms with Crippen LogP contribution in [0.1, 0.15) is 58.3 Å². The number of carbonyl (C=O) groups is 5. The third-order valence-corrected chi connectivity index (χ3v) is 6.36. The largest absolute Gasteiger partial charge is 0.480 e. The lowest BCUT2D eigenvalue weighted by molar-refractivity contribution is -0.143. The van der Waals surface area contributed by atoms with Crippen molar-refractivity contribution in [1.29, 1.82) is 5.41 Å². The Morgan fingerprint density at radius 3 is 1.67 bits per heavy atom. The Morgan fingerprint density at radius 2 is 1.23 bits per heavy atom. The van der Waals surface area contributed by atoms with E-state index in [0.29, 0.717) is 51.7 Å². The number of guanidine groups is 1. The molecule has 4 amide bonds. The second-order valence-corrected chi connectivity index (χ2v) is 10.1. The van der Waals surface area contributed by atoms with Gasteiger partial charge in [-0.25, -0.2) is 4.79 Å². The summed E-state index contributed by atoms with van der Waals surface area (Å²) in [4.78, 5) is 63.1. The fourth-order valence-electron chi connectivity index (χ4n) is 3.86. The van der Waals surface area contributed by atoms with Crippen LogP contribution in [-0.4, -0.2) is 113 Å². The second kappa shape index (κ2) is 22.0. The number of amides is 4. The molecule has 6 atom stereocenters. The van der Waals surface area contributed by atoms with Crippen molar-refractivity contribution < 1.29 is 39.3 Å². The van der Waals surface area contributed by atoms with E-state index >= 15 is 0 Å². The maximum atomic E-state index is 13.2. The summed E-state index contributed by atoms with van der Waals surface area (Å²) < 4.78 is 0. The zero-order valence-electron chi connectivity index (χ0n) is 24.6. The quantitative estimate of drug-likeness (QED) is 0.0291. The molecule has 43 heavy (non-hydrogen) atoms. The molecule has 0 aromatic rings. The summed E-state index contributed by atoms with van der Waals surface area (Å²) in [6, 6.07) is -6.52. The number of rotatable bonds is 23. The SMILES string of the molecule is C[C@@H](O)[C@H](NC(=O)[C@H](CCCCN)NC(=O)[C@@H](N)CCCNC(=N)N)C(=O)N[C@@H](CCCCN)C(=O)N[C@@H](CO)C(=O)O. The lowest BCUT2D eigenvalue weighted by Gasteiger charge is -2.27. The van der Waals surface area contributed by atoms with Gasteiger partial charge in [-0.2, -0.15) is 0 Å². The van der Waals surface area contributed by atoms with Gasteiger partial charge in [-0.15, -0.1) is 0 Å². The molecule has 18 heteroatoms. The molecule has 0 aliphatic carbocycles. The van der Waals surface area contributed by atoms with Gasteiger partial charge in [0.05, 0.1) is 18.8 Å². The molecule has 0 bridgehead atoms. The maximum absolute atomic E-state index is 13.2. The number of carboxylic acid groups (broad SMARTS) is 1. The first-order chi connectivity index (χ1) is 20.3. The summed E-state index contributed by atoms with van der Waals surface area (Å²) in [7, 11) is 0. The molecule has 248 valence electrons. The van der Waals surface area contributed by atoms with Crippen LogP contribution in [0.15, 0.2) is 0 Å². The van der Waals surface area contributed by atoms with Gasteiger partial charge in [-0.1, -0.05) is 0 Å². The molecule has 0 spiro atoms. The average molecular weight is 619 g/mol. The number of unbranched alkanes of at least 4 members (excludes halogenated alkanes) is 2. The van der Waals surface area contributed by atoms with Crippen molar-refractivity contribution in [2.75, 3.05) is 26.2 Å². The van der Waals surface area contributed by atoms with Crippen LogP contribution in [-0.2, 0) is 24.0 Å². The Kier molecular flexibility index (Phi) is 20.2. The van der Waals surface area contributed by atoms with Crippen molar-refractivity contribution in [3.8, 4) is 0 Å². The van der Waals surface area contributed by atoms with Gasteiger partial charge < -0.3 is 64.8 Å². The van der Waals surface area contributed by atoms with Crippen molar-refractivity contribution >= 4 is 35.6 Å². The predicted octanol–water partition coefficient (Wildman–Crippen LogP) is -4.77. The van der Waals surface area contributed by atoms with Crippen LogP contribution < -0.4 is 49.5 Å². The molecular formula is C25H50N10O8. The highest BCUT2D eigenvalue weighted by molar-refractivity contribution is 5.95. The lowest BCUT2D eigenvalue weighted by Crippen LogP contribution is -2.61. The van der Waals surface area contributed by atoms with Crippen molar-refractivity contribution in [3.05, 3.63) is 0 Å². The Bertz CT molecular complexity index is 907. The zero-order valence-corrected chi connectivity index (χ0v) is 24.6. The van der Waals surface area contributed by atoms with Crippen LogP contribution in [0.5, 0.6) is 0 Å². The van der Waals surface area contributed by atoms with E-state index in [2.05, 4.69) is 26.6 Å². The number of carboxylic acids is 1. The summed E-state index contributed by atoms with van der Waals surface area (Å²) in [5.41, 5.74) is 22.2. The van der Waals surface area contributed by atoms with E-state index in [4.69, 9.17) is 33.5 Å². The molecule has 0 unspecified atom stereocenters. The van der Waals surface area contributed by atoms with E-state index in [0.717, 1.165) is 0 Å². The Balaban J connectivity index is 5.63. The van der Waals surface area contributed by atoms with Crippen LogP contribution in [0.3, 0.4) is 0 Å². The topological polar surface area (TPSA) is 334 Å². The average Bonchev–Trinajstić information content (AvgIpc) is 2.94.